The summed E-state index contributed by atoms with van der Waals surface area (Å²) in [4.78, 5) is 5.22. The fourth-order valence-electron chi connectivity index (χ4n) is 1.67. The molecule has 3 nitrogen and oxygen atoms in total. The second-order valence-electron chi connectivity index (χ2n) is 4.20. The maximum atomic E-state index is 5.22. The molecule has 0 spiro atoms. The average molecular weight is 254 g/mol. The summed E-state index contributed by atoms with van der Waals surface area (Å²) in [6.07, 6.45) is 2.86. The maximum absolute atomic E-state index is 5.22. The largest absolute Gasteiger partial charge is 0.497 e. The van der Waals surface area contributed by atoms with E-state index < -0.39 is 0 Å². The summed E-state index contributed by atoms with van der Waals surface area (Å²) in [6.45, 7) is 2.43. The Morgan fingerprint density at radius 1 is 1.11 bits per heavy atom. The van der Waals surface area contributed by atoms with Gasteiger partial charge in [-0.1, -0.05) is 41.1 Å². The Hall–Kier alpha value is -2.29. The molecule has 2 aromatic rings. The van der Waals surface area contributed by atoms with Gasteiger partial charge in [-0.05, 0) is 30.7 Å². The Balaban J connectivity index is 1.89. The molecule has 0 aliphatic heterocycles. The first-order chi connectivity index (χ1) is 9.28. The van der Waals surface area contributed by atoms with Gasteiger partial charge in [0.1, 0.15) is 18.6 Å². The summed E-state index contributed by atoms with van der Waals surface area (Å²) in [7, 11) is 1.64. The molecule has 0 aliphatic carbocycles. The van der Waals surface area contributed by atoms with E-state index in [1.165, 1.54) is 5.56 Å². The number of methoxy groups -OCH3 is 1. The summed E-state index contributed by atoms with van der Waals surface area (Å²) in [6, 6.07) is 15.6. The number of aryl methyl sites for hydroxylation is 1. The minimum atomic E-state index is 0.399. The molecule has 0 saturated carbocycles. The van der Waals surface area contributed by atoms with Crippen LogP contribution >= 0.6 is 0 Å². The van der Waals surface area contributed by atoms with Gasteiger partial charge in [-0.2, -0.15) is 0 Å². The number of hydrogen-bond acceptors (Lipinski definition) is 3. The van der Waals surface area contributed by atoms with E-state index in [9.17, 15) is 0 Å². The van der Waals surface area contributed by atoms with Crippen molar-refractivity contribution in [3.63, 3.8) is 0 Å². The number of benzene rings is 2. The van der Waals surface area contributed by atoms with Crippen molar-refractivity contribution in [2.24, 2.45) is 5.16 Å². The van der Waals surface area contributed by atoms with Crippen LogP contribution < -0.4 is 4.74 Å². The SMILES string of the molecule is COc1cccc(CO/N=[C]\c2cccc(C)c2)c1. The van der Waals surface area contributed by atoms with E-state index in [1.807, 2.05) is 55.5 Å². The third-order valence-corrected chi connectivity index (χ3v) is 2.62. The molecule has 0 saturated heterocycles. The number of hydrogen-bond donors (Lipinski definition) is 0. The predicted molar refractivity (Wildman–Crippen MR) is 75.5 cm³/mol. The van der Waals surface area contributed by atoms with E-state index in [-0.39, 0.29) is 0 Å². The summed E-state index contributed by atoms with van der Waals surface area (Å²) >= 11 is 0. The highest BCUT2D eigenvalue weighted by atomic mass is 16.6. The minimum absolute atomic E-state index is 0.399. The van der Waals surface area contributed by atoms with Crippen LogP contribution in [0, 0.1) is 6.92 Å². The minimum Gasteiger partial charge on any atom is -0.497 e. The Kier molecular flexibility index (Phi) is 4.56. The van der Waals surface area contributed by atoms with E-state index in [0.717, 1.165) is 16.9 Å². The lowest BCUT2D eigenvalue weighted by molar-refractivity contribution is 0.132. The Morgan fingerprint density at radius 2 is 1.95 bits per heavy atom. The lowest BCUT2D eigenvalue weighted by Gasteiger charge is -2.02. The van der Waals surface area contributed by atoms with Gasteiger partial charge in [0.05, 0.1) is 7.11 Å². The number of nitrogens with zero attached hydrogens (tertiary/aromatic N) is 1. The van der Waals surface area contributed by atoms with Crippen molar-refractivity contribution < 1.29 is 9.57 Å². The molecule has 0 aliphatic rings. The Labute approximate surface area is 113 Å². The summed E-state index contributed by atoms with van der Waals surface area (Å²) in [5, 5.41) is 3.84. The van der Waals surface area contributed by atoms with Crippen LogP contribution in [0.25, 0.3) is 0 Å². The van der Waals surface area contributed by atoms with Gasteiger partial charge in [-0.3, -0.25) is 0 Å². The third kappa shape index (κ3) is 4.14. The van der Waals surface area contributed by atoms with Crippen molar-refractivity contribution in [3.8, 4) is 5.75 Å². The third-order valence-electron chi connectivity index (χ3n) is 2.62. The molecule has 1 radical (unpaired) electrons. The van der Waals surface area contributed by atoms with Gasteiger partial charge in [-0.15, -0.1) is 0 Å². The van der Waals surface area contributed by atoms with Crippen LogP contribution in [0.3, 0.4) is 0 Å². The van der Waals surface area contributed by atoms with Crippen molar-refractivity contribution in [1.29, 1.82) is 0 Å². The van der Waals surface area contributed by atoms with Gasteiger partial charge >= 0.3 is 0 Å². The molecular formula is C16H16NO2. The zero-order valence-electron chi connectivity index (χ0n) is 11.1. The standard InChI is InChI=1S/C16H16NO2/c1-13-5-3-6-14(9-13)11-17-19-12-15-7-4-8-16(10-15)18-2/h3-10H,12H2,1-2H3. The first-order valence-corrected chi connectivity index (χ1v) is 6.05. The molecule has 0 unspecified atom stereocenters. The molecule has 0 N–H and O–H groups in total. The molecule has 97 valence electrons. The fraction of sp³-hybridized carbons (Fsp3) is 0.188. The lowest BCUT2D eigenvalue weighted by atomic mass is 10.2. The molecule has 0 aromatic heterocycles. The average Bonchev–Trinajstić information content (AvgIpc) is 2.44. The first kappa shape index (κ1) is 13.1. The lowest BCUT2D eigenvalue weighted by Crippen LogP contribution is -1.90. The van der Waals surface area contributed by atoms with Gasteiger partial charge in [0, 0.05) is 5.56 Å². The molecular weight excluding hydrogens is 238 g/mol. The summed E-state index contributed by atoms with van der Waals surface area (Å²) in [5.74, 6) is 0.813. The zero-order chi connectivity index (χ0) is 13.5. The fourth-order valence-corrected chi connectivity index (χ4v) is 1.67. The van der Waals surface area contributed by atoms with E-state index in [2.05, 4.69) is 11.4 Å². The Bertz CT molecular complexity index is 564. The van der Waals surface area contributed by atoms with Gasteiger partial charge in [0.25, 0.3) is 0 Å². The van der Waals surface area contributed by atoms with Crippen LogP contribution in [-0.4, -0.2) is 13.3 Å². The topological polar surface area (TPSA) is 30.8 Å². The molecule has 0 fully saturated rings. The van der Waals surface area contributed by atoms with Crippen LogP contribution in [0.2, 0.25) is 0 Å². The van der Waals surface area contributed by atoms with E-state index in [4.69, 9.17) is 9.57 Å². The molecule has 0 amide bonds. The molecule has 2 aromatic carbocycles. The second kappa shape index (κ2) is 6.59. The van der Waals surface area contributed by atoms with Crippen molar-refractivity contribution >= 4 is 6.21 Å². The highest BCUT2D eigenvalue weighted by molar-refractivity contribution is 5.79. The summed E-state index contributed by atoms with van der Waals surface area (Å²) < 4.78 is 5.14. The van der Waals surface area contributed by atoms with Crippen LogP contribution in [0.4, 0.5) is 0 Å². The van der Waals surface area contributed by atoms with Gasteiger partial charge in [0.2, 0.25) is 0 Å². The summed E-state index contributed by atoms with van der Waals surface area (Å²) in [5.41, 5.74) is 3.09. The van der Waals surface area contributed by atoms with Crippen molar-refractivity contribution in [2.75, 3.05) is 7.11 Å². The predicted octanol–water partition coefficient (Wildman–Crippen LogP) is 3.43. The monoisotopic (exact) mass is 254 g/mol. The molecule has 0 atom stereocenters. The molecule has 2 rings (SSSR count). The second-order valence-corrected chi connectivity index (χ2v) is 4.20. The van der Waals surface area contributed by atoms with E-state index >= 15 is 0 Å². The smallest absolute Gasteiger partial charge is 0.142 e. The first-order valence-electron chi connectivity index (χ1n) is 6.05. The molecule has 19 heavy (non-hydrogen) atoms. The quantitative estimate of drug-likeness (QED) is 0.604. The number of rotatable bonds is 5. The van der Waals surface area contributed by atoms with Crippen LogP contribution in [0.15, 0.2) is 53.7 Å². The van der Waals surface area contributed by atoms with E-state index in [1.54, 1.807) is 7.11 Å². The van der Waals surface area contributed by atoms with Crippen molar-refractivity contribution in [3.05, 3.63) is 65.2 Å². The zero-order valence-corrected chi connectivity index (χ0v) is 11.1. The van der Waals surface area contributed by atoms with Gasteiger partial charge < -0.3 is 9.57 Å². The highest BCUT2D eigenvalue weighted by Gasteiger charge is 1.96. The maximum Gasteiger partial charge on any atom is 0.142 e. The van der Waals surface area contributed by atoms with E-state index in [0.29, 0.717) is 6.61 Å². The number of ether oxygens (including phenoxy) is 1. The van der Waals surface area contributed by atoms with Crippen molar-refractivity contribution in [1.82, 2.24) is 0 Å². The van der Waals surface area contributed by atoms with Gasteiger partial charge in [-0.25, -0.2) is 0 Å². The Morgan fingerprint density at radius 3 is 2.74 bits per heavy atom. The van der Waals surface area contributed by atoms with Crippen LogP contribution in [0.5, 0.6) is 5.75 Å². The molecule has 0 heterocycles. The van der Waals surface area contributed by atoms with Crippen molar-refractivity contribution in [2.45, 2.75) is 13.5 Å². The van der Waals surface area contributed by atoms with Crippen LogP contribution in [0.1, 0.15) is 16.7 Å². The van der Waals surface area contributed by atoms with Crippen LogP contribution in [-0.2, 0) is 11.4 Å². The normalized spacial score (nSPS) is 10.6. The highest BCUT2D eigenvalue weighted by Crippen LogP contribution is 2.13. The molecule has 3 heteroatoms. The van der Waals surface area contributed by atoms with Gasteiger partial charge in [0.15, 0.2) is 0 Å². The molecule has 0 bridgehead atoms.